The molecule has 1 aliphatic heterocycles. The van der Waals surface area contributed by atoms with E-state index in [1.165, 1.54) is 44.4 Å². The first-order chi connectivity index (χ1) is 8.65. The summed E-state index contributed by atoms with van der Waals surface area (Å²) in [5, 5.41) is 0.751. The first-order valence-electron chi connectivity index (χ1n) is 7.74. The minimum Gasteiger partial charge on any atom is -0.329 e. The van der Waals surface area contributed by atoms with E-state index in [0.29, 0.717) is 11.6 Å². The Morgan fingerprint density at radius 2 is 2.11 bits per heavy atom. The molecule has 1 aliphatic carbocycles. The van der Waals surface area contributed by atoms with Gasteiger partial charge in [-0.15, -0.1) is 0 Å². The summed E-state index contributed by atoms with van der Waals surface area (Å²) in [6.07, 6.45) is 6.79. The van der Waals surface area contributed by atoms with Gasteiger partial charge < -0.3 is 5.73 Å². The van der Waals surface area contributed by atoms with Crippen molar-refractivity contribution in [1.29, 1.82) is 0 Å². The van der Waals surface area contributed by atoms with E-state index in [1.807, 2.05) is 0 Å². The molecular formula is C15H30N2S. The Labute approximate surface area is 117 Å². The van der Waals surface area contributed by atoms with Crippen LogP contribution in [0.4, 0.5) is 0 Å². The number of rotatable bonds is 3. The zero-order chi connectivity index (χ0) is 13.2. The average molecular weight is 270 g/mol. The molecule has 1 saturated heterocycles. The second kappa shape index (κ2) is 6.15. The van der Waals surface area contributed by atoms with E-state index in [2.05, 4.69) is 37.4 Å². The summed E-state index contributed by atoms with van der Waals surface area (Å²) in [6, 6.07) is 0.680. The molecule has 2 rings (SSSR count). The van der Waals surface area contributed by atoms with Crippen LogP contribution in [0.3, 0.4) is 0 Å². The van der Waals surface area contributed by atoms with E-state index in [1.54, 1.807) is 0 Å². The second-order valence-corrected chi connectivity index (χ2v) is 7.65. The topological polar surface area (TPSA) is 29.3 Å². The number of hydrogen-bond donors (Lipinski definition) is 1. The van der Waals surface area contributed by atoms with Crippen molar-refractivity contribution in [3.05, 3.63) is 0 Å². The molecule has 0 aromatic rings. The molecule has 1 heterocycles. The number of nitrogens with two attached hydrogens (primary N) is 1. The van der Waals surface area contributed by atoms with Crippen LogP contribution in [0.1, 0.15) is 52.9 Å². The number of hydrogen-bond acceptors (Lipinski definition) is 3. The Hall–Kier alpha value is 0.270. The van der Waals surface area contributed by atoms with E-state index in [0.717, 1.165) is 17.7 Å². The van der Waals surface area contributed by atoms with Gasteiger partial charge in [-0.05, 0) is 25.7 Å². The molecule has 4 unspecified atom stereocenters. The fourth-order valence-corrected chi connectivity index (χ4v) is 5.30. The zero-order valence-corrected chi connectivity index (χ0v) is 13.1. The van der Waals surface area contributed by atoms with Gasteiger partial charge in [-0.1, -0.05) is 33.1 Å². The third-order valence-corrected chi connectivity index (χ3v) is 6.81. The Balaban J connectivity index is 2.23. The molecule has 0 radical (unpaired) electrons. The molecule has 0 spiro atoms. The van der Waals surface area contributed by atoms with E-state index in [4.69, 9.17) is 5.73 Å². The van der Waals surface area contributed by atoms with Crippen LogP contribution in [0.15, 0.2) is 0 Å². The summed E-state index contributed by atoms with van der Waals surface area (Å²) >= 11 is 2.13. The highest BCUT2D eigenvalue weighted by atomic mass is 32.2. The number of thioether (sulfide) groups is 1. The first kappa shape index (κ1) is 14.7. The fourth-order valence-electron chi connectivity index (χ4n) is 4.20. The molecule has 106 valence electrons. The maximum atomic E-state index is 6.29. The van der Waals surface area contributed by atoms with Crippen LogP contribution in [-0.2, 0) is 0 Å². The summed E-state index contributed by atoms with van der Waals surface area (Å²) in [5.74, 6) is 2.10. The van der Waals surface area contributed by atoms with Gasteiger partial charge >= 0.3 is 0 Å². The molecule has 2 fully saturated rings. The Morgan fingerprint density at radius 1 is 1.33 bits per heavy atom. The van der Waals surface area contributed by atoms with Crippen LogP contribution in [0.5, 0.6) is 0 Å². The molecule has 1 saturated carbocycles. The second-order valence-electron chi connectivity index (χ2n) is 6.17. The molecule has 3 heteroatoms. The summed E-state index contributed by atoms with van der Waals surface area (Å²) in [4.78, 5) is 2.79. The number of nitrogens with zero attached hydrogens (tertiary/aromatic N) is 1. The van der Waals surface area contributed by atoms with Crippen molar-refractivity contribution in [3.8, 4) is 0 Å². The standard InChI is InChI=1S/C15H30N2S/c1-4-14-7-5-6-8-15(14,11-16)17-9-10-18-13(3)12(17)2/h12-14H,4-11,16H2,1-3H3. The Bertz CT molecular complexity index is 271. The maximum Gasteiger partial charge on any atom is 0.0363 e. The van der Waals surface area contributed by atoms with Crippen molar-refractivity contribution in [2.45, 2.75) is 69.7 Å². The smallest absolute Gasteiger partial charge is 0.0363 e. The van der Waals surface area contributed by atoms with E-state index < -0.39 is 0 Å². The van der Waals surface area contributed by atoms with E-state index >= 15 is 0 Å². The lowest BCUT2D eigenvalue weighted by molar-refractivity contribution is -0.0194. The van der Waals surface area contributed by atoms with Crippen LogP contribution < -0.4 is 5.73 Å². The van der Waals surface area contributed by atoms with Crippen molar-refractivity contribution in [3.63, 3.8) is 0 Å². The Morgan fingerprint density at radius 3 is 2.78 bits per heavy atom. The monoisotopic (exact) mass is 270 g/mol. The van der Waals surface area contributed by atoms with Crippen LogP contribution in [0.2, 0.25) is 0 Å². The van der Waals surface area contributed by atoms with Gasteiger partial charge in [-0.2, -0.15) is 11.8 Å². The van der Waals surface area contributed by atoms with E-state index in [-0.39, 0.29) is 0 Å². The fraction of sp³-hybridized carbons (Fsp3) is 1.00. The molecule has 2 aliphatic rings. The summed E-state index contributed by atoms with van der Waals surface area (Å²) < 4.78 is 0. The first-order valence-corrected chi connectivity index (χ1v) is 8.79. The SMILES string of the molecule is CCC1CCCCC1(CN)N1CCSC(C)C1C. The average Bonchev–Trinajstić information content (AvgIpc) is 2.41. The molecule has 4 atom stereocenters. The van der Waals surface area contributed by atoms with Crippen molar-refractivity contribution in [1.82, 2.24) is 4.90 Å². The quantitative estimate of drug-likeness (QED) is 0.854. The van der Waals surface area contributed by atoms with Crippen LogP contribution in [0.25, 0.3) is 0 Å². The van der Waals surface area contributed by atoms with Crippen molar-refractivity contribution in [2.75, 3.05) is 18.8 Å². The molecule has 0 aromatic carbocycles. The van der Waals surface area contributed by atoms with Crippen LogP contribution in [0, 0.1) is 5.92 Å². The van der Waals surface area contributed by atoms with Crippen molar-refractivity contribution >= 4 is 11.8 Å². The molecule has 2 N–H and O–H groups in total. The molecule has 18 heavy (non-hydrogen) atoms. The molecule has 2 nitrogen and oxygen atoms in total. The lowest BCUT2D eigenvalue weighted by Crippen LogP contribution is -2.65. The maximum absolute atomic E-state index is 6.29. The predicted octanol–water partition coefficient (Wildman–Crippen LogP) is 3.11. The highest BCUT2D eigenvalue weighted by Gasteiger charge is 2.46. The van der Waals surface area contributed by atoms with Gasteiger partial charge in [0.25, 0.3) is 0 Å². The Kier molecular flexibility index (Phi) is 5.01. The zero-order valence-electron chi connectivity index (χ0n) is 12.3. The van der Waals surface area contributed by atoms with Crippen molar-refractivity contribution < 1.29 is 0 Å². The predicted molar refractivity (Wildman–Crippen MR) is 82.1 cm³/mol. The van der Waals surface area contributed by atoms with Crippen LogP contribution in [-0.4, -0.2) is 40.6 Å². The van der Waals surface area contributed by atoms with Gasteiger partial charge in [0.15, 0.2) is 0 Å². The van der Waals surface area contributed by atoms with Gasteiger partial charge in [-0.3, -0.25) is 4.90 Å². The third kappa shape index (κ3) is 2.46. The van der Waals surface area contributed by atoms with E-state index in [9.17, 15) is 0 Å². The van der Waals surface area contributed by atoms with Gasteiger partial charge in [0.2, 0.25) is 0 Å². The van der Waals surface area contributed by atoms with Crippen molar-refractivity contribution in [2.24, 2.45) is 11.7 Å². The van der Waals surface area contributed by atoms with Gasteiger partial charge in [0, 0.05) is 35.7 Å². The molecule has 0 amide bonds. The summed E-state index contributed by atoms with van der Waals surface area (Å²) in [6.45, 7) is 9.25. The summed E-state index contributed by atoms with van der Waals surface area (Å²) in [5.41, 5.74) is 6.60. The molecular weight excluding hydrogens is 240 g/mol. The highest BCUT2D eigenvalue weighted by molar-refractivity contribution is 8.00. The van der Waals surface area contributed by atoms with Gasteiger partial charge in [-0.25, -0.2) is 0 Å². The molecule has 0 aromatic heterocycles. The minimum atomic E-state index is 0.307. The minimum absolute atomic E-state index is 0.307. The largest absolute Gasteiger partial charge is 0.329 e. The van der Waals surface area contributed by atoms with Crippen LogP contribution >= 0.6 is 11.8 Å². The van der Waals surface area contributed by atoms with Gasteiger partial charge in [0.05, 0.1) is 0 Å². The third-order valence-electron chi connectivity index (χ3n) is 5.47. The lowest BCUT2D eigenvalue weighted by Gasteiger charge is -2.56. The summed E-state index contributed by atoms with van der Waals surface area (Å²) in [7, 11) is 0. The molecule has 0 bridgehead atoms. The highest BCUT2D eigenvalue weighted by Crippen LogP contribution is 2.43. The lowest BCUT2D eigenvalue weighted by atomic mass is 9.69. The van der Waals surface area contributed by atoms with Gasteiger partial charge in [0.1, 0.15) is 0 Å². The normalized spacial score (nSPS) is 43.0.